The first kappa shape index (κ1) is 33.1. The van der Waals surface area contributed by atoms with Gasteiger partial charge < -0.3 is 53.1 Å². The molecule has 3 rings (SSSR count). The van der Waals surface area contributed by atoms with Crippen molar-refractivity contribution in [2.24, 2.45) is 0 Å². The van der Waals surface area contributed by atoms with Gasteiger partial charge in [-0.3, -0.25) is 19.2 Å². The van der Waals surface area contributed by atoms with Crippen LogP contribution in [0.1, 0.15) is 54.9 Å². The molecule has 0 spiro atoms. The van der Waals surface area contributed by atoms with Gasteiger partial charge in [0.15, 0.2) is 30.6 Å². The van der Waals surface area contributed by atoms with Gasteiger partial charge in [0.05, 0.1) is 6.61 Å². The van der Waals surface area contributed by atoms with Gasteiger partial charge in [-0.05, 0) is 20.3 Å². The van der Waals surface area contributed by atoms with Gasteiger partial charge in [-0.1, -0.05) is 6.92 Å². The number of aliphatic hydroxyl groups is 1. The minimum Gasteiger partial charge on any atom is -0.463 e. The van der Waals surface area contributed by atoms with Gasteiger partial charge in [0.2, 0.25) is 5.91 Å². The SMILES string of the molecule is CCCOC1C(C(O)COC2OC(COC(C)=O)C(OC(C)=O)C(OC(C)=O)C2NC(C)=O)OC2OC(C)(C)OC21. The maximum absolute atomic E-state index is 12.1. The molecule has 0 radical (unpaired) electrons. The van der Waals surface area contributed by atoms with Crippen molar-refractivity contribution in [3.05, 3.63) is 0 Å². The number of amides is 1. The average Bonchev–Trinajstić information content (AvgIpc) is 3.33. The van der Waals surface area contributed by atoms with Crippen LogP contribution in [0.5, 0.6) is 0 Å². The van der Waals surface area contributed by atoms with E-state index in [1.807, 2.05) is 6.92 Å². The van der Waals surface area contributed by atoms with Crippen LogP contribution in [0.25, 0.3) is 0 Å². The van der Waals surface area contributed by atoms with Crippen molar-refractivity contribution < 1.29 is 66.9 Å². The standard InChI is InChI=1S/C26H41NO14/c1-8-9-33-22-19(39-25-23(22)40-26(6,7)41-25)16(32)10-35-24-18(27-12(2)28)21(37-15(5)31)20(36-14(4)30)17(38-24)11-34-13(3)29/h16-25,32H,8-11H2,1-7H3,(H,27,28). The summed E-state index contributed by atoms with van der Waals surface area (Å²) >= 11 is 0. The van der Waals surface area contributed by atoms with E-state index in [9.17, 15) is 24.3 Å². The molecule has 1 amide bonds. The number of nitrogens with one attached hydrogen (secondary N) is 1. The van der Waals surface area contributed by atoms with E-state index in [0.717, 1.165) is 20.3 Å². The monoisotopic (exact) mass is 591 g/mol. The molecule has 3 fully saturated rings. The zero-order chi connectivity index (χ0) is 30.5. The van der Waals surface area contributed by atoms with Crippen molar-refractivity contribution >= 4 is 23.8 Å². The predicted molar refractivity (Wildman–Crippen MR) is 135 cm³/mol. The number of esters is 3. The van der Waals surface area contributed by atoms with Gasteiger partial charge in [0.25, 0.3) is 0 Å². The molecule has 10 unspecified atom stereocenters. The smallest absolute Gasteiger partial charge is 0.303 e. The van der Waals surface area contributed by atoms with Crippen LogP contribution < -0.4 is 5.32 Å². The lowest BCUT2D eigenvalue weighted by molar-refractivity contribution is -0.286. The summed E-state index contributed by atoms with van der Waals surface area (Å²) in [5, 5.41) is 13.7. The Kier molecular flexibility index (Phi) is 11.4. The number of hydrogen-bond donors (Lipinski definition) is 2. The summed E-state index contributed by atoms with van der Waals surface area (Å²) in [6.07, 6.45) is -8.51. The van der Waals surface area contributed by atoms with Crippen LogP contribution in [0.2, 0.25) is 0 Å². The van der Waals surface area contributed by atoms with Crippen LogP contribution in [-0.2, 0) is 61.8 Å². The van der Waals surface area contributed by atoms with E-state index in [0.29, 0.717) is 6.61 Å². The summed E-state index contributed by atoms with van der Waals surface area (Å²) in [6, 6.07) is -1.18. The first-order valence-corrected chi connectivity index (χ1v) is 13.5. The Morgan fingerprint density at radius 2 is 1.56 bits per heavy atom. The molecule has 0 aromatic rings. The zero-order valence-electron chi connectivity index (χ0n) is 24.4. The molecule has 15 heteroatoms. The molecule has 3 heterocycles. The summed E-state index contributed by atoms with van der Waals surface area (Å²) in [5.41, 5.74) is 0. The highest BCUT2D eigenvalue weighted by Crippen LogP contribution is 2.40. The van der Waals surface area contributed by atoms with E-state index >= 15 is 0 Å². The van der Waals surface area contributed by atoms with E-state index in [4.69, 9.17) is 42.6 Å². The van der Waals surface area contributed by atoms with Gasteiger partial charge in [-0.15, -0.1) is 0 Å². The quantitative estimate of drug-likeness (QED) is 0.223. The van der Waals surface area contributed by atoms with E-state index in [2.05, 4.69) is 5.32 Å². The second-order valence-electron chi connectivity index (χ2n) is 10.5. The Morgan fingerprint density at radius 3 is 2.15 bits per heavy atom. The Hall–Kier alpha value is -2.40. The molecular weight excluding hydrogens is 550 g/mol. The molecule has 0 aromatic heterocycles. The number of aliphatic hydroxyl groups excluding tert-OH is 1. The van der Waals surface area contributed by atoms with Gasteiger partial charge in [-0.25, -0.2) is 0 Å². The summed E-state index contributed by atoms with van der Waals surface area (Å²) < 4.78 is 51.4. The van der Waals surface area contributed by atoms with Crippen LogP contribution in [0.15, 0.2) is 0 Å². The first-order chi connectivity index (χ1) is 19.2. The number of carbonyl (C=O) groups excluding carboxylic acids is 4. The average molecular weight is 592 g/mol. The summed E-state index contributed by atoms with van der Waals surface area (Å²) in [7, 11) is 0. The van der Waals surface area contributed by atoms with Crippen molar-refractivity contribution in [1.82, 2.24) is 5.32 Å². The van der Waals surface area contributed by atoms with Crippen molar-refractivity contribution in [3.63, 3.8) is 0 Å². The second-order valence-corrected chi connectivity index (χ2v) is 10.5. The largest absolute Gasteiger partial charge is 0.463 e. The lowest BCUT2D eigenvalue weighted by Gasteiger charge is -2.45. The van der Waals surface area contributed by atoms with Crippen LogP contribution in [0.4, 0.5) is 0 Å². The predicted octanol–water partition coefficient (Wildman–Crippen LogP) is -0.308. The third-order valence-corrected chi connectivity index (χ3v) is 6.42. The fourth-order valence-corrected chi connectivity index (χ4v) is 4.98. The highest BCUT2D eigenvalue weighted by atomic mass is 16.8. The van der Waals surface area contributed by atoms with Crippen LogP contribution in [0, 0.1) is 0 Å². The molecule has 0 saturated carbocycles. The highest BCUT2D eigenvalue weighted by molar-refractivity contribution is 5.73. The van der Waals surface area contributed by atoms with Gasteiger partial charge in [0.1, 0.15) is 43.2 Å². The molecule has 3 aliphatic rings. The molecule has 41 heavy (non-hydrogen) atoms. The van der Waals surface area contributed by atoms with E-state index < -0.39 is 91.0 Å². The molecule has 0 bridgehead atoms. The highest BCUT2D eigenvalue weighted by Gasteiger charge is 2.57. The van der Waals surface area contributed by atoms with E-state index in [-0.39, 0.29) is 13.2 Å². The van der Waals surface area contributed by atoms with E-state index in [1.165, 1.54) is 13.8 Å². The van der Waals surface area contributed by atoms with Gasteiger partial charge in [0, 0.05) is 34.3 Å². The molecule has 3 saturated heterocycles. The Labute approximate surface area is 238 Å². The Bertz CT molecular complexity index is 943. The molecule has 15 nitrogen and oxygen atoms in total. The number of rotatable bonds is 12. The topological polar surface area (TPSA) is 184 Å². The molecule has 2 N–H and O–H groups in total. The molecule has 0 aromatic carbocycles. The van der Waals surface area contributed by atoms with E-state index in [1.54, 1.807) is 13.8 Å². The first-order valence-electron chi connectivity index (χ1n) is 13.5. The molecular formula is C26H41NO14. The second kappa shape index (κ2) is 14.2. The molecule has 0 aliphatic carbocycles. The van der Waals surface area contributed by atoms with Crippen molar-refractivity contribution in [1.29, 1.82) is 0 Å². The third kappa shape index (κ3) is 8.80. The normalized spacial score (nSPS) is 34.8. The maximum Gasteiger partial charge on any atom is 0.303 e. The fraction of sp³-hybridized carbons (Fsp3) is 0.846. The zero-order valence-corrected chi connectivity index (χ0v) is 24.4. The number of ether oxygens (including phenoxy) is 9. The summed E-state index contributed by atoms with van der Waals surface area (Å²) in [6.45, 7) is 9.75. The van der Waals surface area contributed by atoms with Crippen LogP contribution in [0.3, 0.4) is 0 Å². The summed E-state index contributed by atoms with van der Waals surface area (Å²) in [5.74, 6) is -3.51. The van der Waals surface area contributed by atoms with Gasteiger partial charge in [-0.2, -0.15) is 0 Å². The molecule has 3 aliphatic heterocycles. The third-order valence-electron chi connectivity index (χ3n) is 6.42. The Morgan fingerprint density at radius 1 is 0.902 bits per heavy atom. The van der Waals surface area contributed by atoms with Crippen molar-refractivity contribution in [3.8, 4) is 0 Å². The number of hydrogen-bond acceptors (Lipinski definition) is 14. The minimum absolute atomic E-state index is 0.382. The number of carbonyl (C=O) groups is 4. The van der Waals surface area contributed by atoms with Crippen LogP contribution in [-0.4, -0.2) is 116 Å². The fourth-order valence-electron chi connectivity index (χ4n) is 4.98. The maximum atomic E-state index is 12.1. The van der Waals surface area contributed by atoms with Crippen molar-refractivity contribution in [2.75, 3.05) is 19.8 Å². The van der Waals surface area contributed by atoms with Crippen LogP contribution >= 0.6 is 0 Å². The van der Waals surface area contributed by atoms with Gasteiger partial charge >= 0.3 is 17.9 Å². The lowest BCUT2D eigenvalue weighted by atomic mass is 9.96. The lowest BCUT2D eigenvalue weighted by Crippen LogP contribution is -2.66. The molecule has 10 atom stereocenters. The minimum atomic E-state index is -1.34. The molecule has 234 valence electrons. The number of fused-ring (bicyclic) bond motifs is 1. The summed E-state index contributed by atoms with van der Waals surface area (Å²) in [4.78, 5) is 47.6. The Balaban J connectivity index is 1.81. The van der Waals surface area contributed by atoms with Crippen molar-refractivity contribution in [2.45, 2.75) is 122 Å².